The number of nitrogens with zero attached hydrogens (tertiary/aromatic N) is 1. The van der Waals surface area contributed by atoms with Gasteiger partial charge in [0.2, 0.25) is 5.91 Å². The third kappa shape index (κ3) is 6.65. The van der Waals surface area contributed by atoms with Crippen LogP contribution in [0, 0.1) is 5.92 Å². The molecule has 2 aromatic rings. The molecular weight excluding hydrogens is 545 g/mol. The number of piperidine rings is 1. The van der Waals surface area contributed by atoms with Gasteiger partial charge in [-0.1, -0.05) is 41.4 Å². The fraction of sp³-hybridized carbons (Fsp3) is 0.536. The van der Waals surface area contributed by atoms with Crippen LogP contribution < -0.4 is 15.8 Å². The van der Waals surface area contributed by atoms with E-state index < -0.39 is 20.5 Å². The zero-order chi connectivity index (χ0) is 27.7. The van der Waals surface area contributed by atoms with Gasteiger partial charge in [0.1, 0.15) is 15.6 Å². The minimum atomic E-state index is -3.14. The summed E-state index contributed by atoms with van der Waals surface area (Å²) in [5, 5.41) is 3.74. The van der Waals surface area contributed by atoms with Crippen LogP contribution >= 0.6 is 23.2 Å². The Balaban J connectivity index is 1.57. The Morgan fingerprint density at radius 3 is 2.39 bits per heavy atom. The summed E-state index contributed by atoms with van der Waals surface area (Å²) in [6.45, 7) is 3.03. The van der Waals surface area contributed by atoms with E-state index in [4.69, 9.17) is 33.7 Å². The average Bonchev–Trinajstić information content (AvgIpc) is 3.72. The van der Waals surface area contributed by atoms with Crippen molar-refractivity contribution >= 4 is 38.9 Å². The molecule has 0 spiro atoms. The summed E-state index contributed by atoms with van der Waals surface area (Å²) >= 11 is 12.6. The van der Waals surface area contributed by atoms with E-state index in [2.05, 4.69) is 10.2 Å². The molecule has 4 rings (SSSR count). The average molecular weight is 583 g/mol. The highest BCUT2D eigenvalue weighted by Crippen LogP contribution is 2.42. The number of carbonyl (C=O) groups is 1. The van der Waals surface area contributed by atoms with Crippen molar-refractivity contribution in [3.63, 3.8) is 0 Å². The Morgan fingerprint density at radius 2 is 1.84 bits per heavy atom. The summed E-state index contributed by atoms with van der Waals surface area (Å²) < 4.78 is 29.4. The highest BCUT2D eigenvalue weighted by molar-refractivity contribution is 7.91. The van der Waals surface area contributed by atoms with Gasteiger partial charge in [0.05, 0.1) is 40.0 Å². The van der Waals surface area contributed by atoms with Crippen molar-refractivity contribution in [2.75, 3.05) is 26.5 Å². The fourth-order valence-electron chi connectivity index (χ4n) is 5.29. The van der Waals surface area contributed by atoms with Crippen LogP contribution in [0.5, 0.6) is 5.75 Å². The maximum absolute atomic E-state index is 14.1. The van der Waals surface area contributed by atoms with Crippen LogP contribution in [0.1, 0.15) is 56.2 Å². The van der Waals surface area contributed by atoms with E-state index in [0.29, 0.717) is 48.3 Å². The van der Waals surface area contributed by atoms with Gasteiger partial charge >= 0.3 is 0 Å². The lowest BCUT2D eigenvalue weighted by molar-refractivity contribution is -0.127. The second-order valence-corrected chi connectivity index (χ2v) is 14.0. The van der Waals surface area contributed by atoms with Crippen LogP contribution in [0.2, 0.25) is 10.0 Å². The van der Waals surface area contributed by atoms with Crippen molar-refractivity contribution in [3.8, 4) is 5.75 Å². The molecule has 0 radical (unpaired) electrons. The first-order valence-corrected chi connectivity index (χ1v) is 15.7. The predicted octanol–water partition coefficient (Wildman–Crippen LogP) is 4.71. The van der Waals surface area contributed by atoms with E-state index in [-0.39, 0.29) is 18.1 Å². The predicted molar refractivity (Wildman–Crippen MR) is 152 cm³/mol. The summed E-state index contributed by atoms with van der Waals surface area (Å²) in [5.41, 5.74) is 7.30. The van der Waals surface area contributed by atoms with E-state index in [9.17, 15) is 13.2 Å². The maximum Gasteiger partial charge on any atom is 0.230 e. The number of amides is 1. The van der Waals surface area contributed by atoms with E-state index in [1.54, 1.807) is 19.2 Å². The third-order valence-corrected chi connectivity index (χ3v) is 10.5. The molecule has 1 aliphatic heterocycles. The van der Waals surface area contributed by atoms with E-state index in [1.165, 1.54) is 6.26 Å². The van der Waals surface area contributed by atoms with Gasteiger partial charge in [0, 0.05) is 19.3 Å². The number of methoxy groups -OCH3 is 1. The highest BCUT2D eigenvalue weighted by atomic mass is 35.5. The van der Waals surface area contributed by atoms with Crippen molar-refractivity contribution in [1.29, 1.82) is 0 Å². The number of halogens is 2. The smallest absolute Gasteiger partial charge is 0.230 e. The fourth-order valence-corrected chi connectivity index (χ4v) is 6.67. The van der Waals surface area contributed by atoms with Crippen molar-refractivity contribution in [1.82, 2.24) is 10.2 Å². The van der Waals surface area contributed by atoms with Crippen molar-refractivity contribution in [2.24, 2.45) is 11.7 Å². The highest BCUT2D eigenvalue weighted by Gasteiger charge is 2.41. The Morgan fingerprint density at radius 1 is 1.16 bits per heavy atom. The van der Waals surface area contributed by atoms with E-state index in [1.807, 2.05) is 37.3 Å². The standard InChI is InChI=1S/C28H37Cl2N3O4S/c1-28(20-8-11-23(29)24(30)16-20,13-15-33-14-12-22(17-25(33)31)38(3,35)36)27(34)32-26(18-4-5-18)19-6-9-21(37-2)10-7-19/h6-11,16,18,22,25-26H,4-5,12-15,17,31H2,1-3H3,(H,32,34). The summed E-state index contributed by atoms with van der Waals surface area (Å²) in [6, 6.07) is 13.1. The zero-order valence-corrected chi connectivity index (χ0v) is 24.5. The van der Waals surface area contributed by atoms with Gasteiger partial charge in [-0.25, -0.2) is 8.42 Å². The van der Waals surface area contributed by atoms with Crippen molar-refractivity contribution in [2.45, 2.75) is 61.9 Å². The van der Waals surface area contributed by atoms with Crippen LogP contribution in [0.3, 0.4) is 0 Å². The molecule has 1 heterocycles. The third-order valence-electron chi connectivity index (χ3n) is 8.13. The molecule has 1 saturated heterocycles. The molecule has 0 aromatic heterocycles. The van der Waals surface area contributed by atoms with Crippen LogP contribution in [0.4, 0.5) is 0 Å². The molecule has 1 amide bonds. The molecule has 1 saturated carbocycles. The Labute approximate surface area is 235 Å². The van der Waals surface area contributed by atoms with Gasteiger partial charge < -0.3 is 15.8 Å². The minimum Gasteiger partial charge on any atom is -0.497 e. The van der Waals surface area contributed by atoms with E-state index >= 15 is 0 Å². The number of benzene rings is 2. The van der Waals surface area contributed by atoms with Crippen molar-refractivity contribution in [3.05, 3.63) is 63.6 Å². The van der Waals surface area contributed by atoms with Crippen LogP contribution in [0.15, 0.2) is 42.5 Å². The second-order valence-electron chi connectivity index (χ2n) is 10.9. The number of nitrogens with two attached hydrogens (primary N) is 1. The lowest BCUT2D eigenvalue weighted by Gasteiger charge is -2.39. The van der Waals surface area contributed by atoms with Gasteiger partial charge in [-0.05, 0) is 80.3 Å². The topological polar surface area (TPSA) is 102 Å². The molecule has 7 nitrogen and oxygen atoms in total. The molecule has 1 aliphatic carbocycles. The molecular formula is C28H37Cl2N3O4S. The first-order valence-electron chi connectivity index (χ1n) is 13.0. The SMILES string of the molecule is COc1ccc(C(NC(=O)C(C)(CCN2CCC(S(C)(=O)=O)CC2N)c2ccc(Cl)c(Cl)c2)C2CC2)cc1. The zero-order valence-electron chi connectivity index (χ0n) is 22.1. The summed E-state index contributed by atoms with van der Waals surface area (Å²) in [4.78, 5) is 16.2. The number of ether oxygens (including phenoxy) is 1. The monoisotopic (exact) mass is 581 g/mol. The number of hydrogen-bond acceptors (Lipinski definition) is 6. The molecule has 4 atom stereocenters. The Hall–Kier alpha value is -1.84. The lowest BCUT2D eigenvalue weighted by Crippen LogP contribution is -2.53. The number of rotatable bonds is 10. The van der Waals surface area contributed by atoms with Gasteiger partial charge in [-0.2, -0.15) is 0 Å². The summed E-state index contributed by atoms with van der Waals surface area (Å²) in [6.07, 6.45) is 4.40. The molecule has 2 aliphatic rings. The minimum absolute atomic E-state index is 0.0943. The lowest BCUT2D eigenvalue weighted by atomic mass is 9.77. The number of sulfone groups is 1. The normalized spacial score (nSPS) is 22.9. The summed E-state index contributed by atoms with van der Waals surface area (Å²) in [5.74, 6) is 1.06. The van der Waals surface area contributed by atoms with E-state index in [0.717, 1.165) is 29.7 Å². The van der Waals surface area contributed by atoms with Gasteiger partial charge in [0.15, 0.2) is 0 Å². The first-order chi connectivity index (χ1) is 17.9. The molecule has 10 heteroatoms. The summed E-state index contributed by atoms with van der Waals surface area (Å²) in [7, 11) is -1.51. The molecule has 0 bridgehead atoms. The molecule has 2 fully saturated rings. The number of hydrogen-bond donors (Lipinski definition) is 2. The molecule has 3 N–H and O–H groups in total. The van der Waals surface area contributed by atoms with Crippen molar-refractivity contribution < 1.29 is 17.9 Å². The number of nitrogens with one attached hydrogen (secondary N) is 1. The first kappa shape index (κ1) is 29.2. The maximum atomic E-state index is 14.1. The number of carbonyl (C=O) groups excluding carboxylic acids is 1. The second kappa shape index (κ2) is 11.7. The van der Waals surface area contributed by atoms with Gasteiger partial charge in [-0.3, -0.25) is 9.69 Å². The largest absolute Gasteiger partial charge is 0.497 e. The van der Waals surface area contributed by atoms with Crippen LogP contribution in [-0.4, -0.2) is 57.1 Å². The van der Waals surface area contributed by atoms with Gasteiger partial charge in [-0.15, -0.1) is 0 Å². The van der Waals surface area contributed by atoms with Crippen LogP contribution in [0.25, 0.3) is 0 Å². The molecule has 2 aromatic carbocycles. The van der Waals surface area contributed by atoms with Gasteiger partial charge in [0.25, 0.3) is 0 Å². The molecule has 208 valence electrons. The Bertz CT molecular complexity index is 1250. The molecule has 4 unspecified atom stereocenters. The quantitative estimate of drug-likeness (QED) is 0.421. The number of likely N-dealkylation sites (tertiary alicyclic amines) is 1. The van der Waals surface area contributed by atoms with Crippen LogP contribution in [-0.2, 0) is 20.0 Å². The molecule has 38 heavy (non-hydrogen) atoms. The Kier molecular flexibility index (Phi) is 8.99.